The molecule has 0 aliphatic rings. The first-order valence-electron chi connectivity index (χ1n) is 6.05. The average molecular weight is 409 g/mol. The van der Waals surface area contributed by atoms with Gasteiger partial charge >= 0.3 is 18.4 Å². The van der Waals surface area contributed by atoms with Crippen LogP contribution in [0.4, 0.5) is 36.8 Å². The summed E-state index contributed by atoms with van der Waals surface area (Å²) >= 11 is 2.76. The molecule has 23 heavy (non-hydrogen) atoms. The number of amides is 2. The van der Waals surface area contributed by atoms with E-state index in [0.717, 1.165) is 6.07 Å². The van der Waals surface area contributed by atoms with E-state index in [1.807, 2.05) is 0 Å². The quantitative estimate of drug-likeness (QED) is 0.664. The fourth-order valence-corrected chi connectivity index (χ4v) is 2.13. The highest BCUT2D eigenvalue weighted by atomic mass is 79.9. The van der Waals surface area contributed by atoms with Crippen LogP contribution in [0.1, 0.15) is 12.5 Å². The minimum absolute atomic E-state index is 0.0635. The summed E-state index contributed by atoms with van der Waals surface area (Å²) in [6.45, 7) is 1.88. The highest BCUT2D eigenvalue weighted by molar-refractivity contribution is 9.10. The van der Waals surface area contributed by atoms with Crippen LogP contribution in [0.5, 0.6) is 0 Å². The van der Waals surface area contributed by atoms with Crippen molar-refractivity contribution in [3.8, 4) is 0 Å². The summed E-state index contributed by atoms with van der Waals surface area (Å²) in [7, 11) is 0. The van der Waals surface area contributed by atoms with Gasteiger partial charge in [-0.1, -0.05) is 6.07 Å². The third-order valence-electron chi connectivity index (χ3n) is 2.79. The lowest BCUT2D eigenvalue weighted by atomic mass is 9.92. The Balaban J connectivity index is 3.29. The second kappa shape index (κ2) is 6.56. The Labute approximate surface area is 135 Å². The Kier molecular flexibility index (Phi) is 5.57. The molecular weight excluding hydrogens is 398 g/mol. The summed E-state index contributed by atoms with van der Waals surface area (Å²) in [4.78, 5) is 11.3. The number of rotatable bonds is 3. The number of nitrogens with one attached hydrogen (secondary N) is 2. The Morgan fingerprint density at radius 1 is 1.17 bits per heavy atom. The van der Waals surface area contributed by atoms with E-state index in [9.17, 15) is 36.2 Å². The highest BCUT2D eigenvalue weighted by Gasteiger charge is 2.71. The van der Waals surface area contributed by atoms with Crippen LogP contribution in [0.3, 0.4) is 0 Å². The van der Waals surface area contributed by atoms with Crippen molar-refractivity contribution >= 4 is 27.6 Å². The molecule has 0 unspecified atom stereocenters. The Morgan fingerprint density at radius 3 is 2.09 bits per heavy atom. The predicted molar refractivity (Wildman–Crippen MR) is 72.8 cm³/mol. The number of benzene rings is 1. The van der Waals surface area contributed by atoms with Gasteiger partial charge in [-0.05, 0) is 35.0 Å². The molecule has 0 heterocycles. The molecule has 1 aromatic carbocycles. The number of alkyl halides is 6. The summed E-state index contributed by atoms with van der Waals surface area (Å²) in [6, 6.07) is 1.01. The van der Waals surface area contributed by atoms with Crippen molar-refractivity contribution in [1.82, 2.24) is 5.32 Å². The van der Waals surface area contributed by atoms with Gasteiger partial charge in [0.15, 0.2) is 0 Å². The number of halogens is 7. The van der Waals surface area contributed by atoms with Crippen LogP contribution in [-0.4, -0.2) is 30.0 Å². The molecule has 4 nitrogen and oxygen atoms in total. The summed E-state index contributed by atoms with van der Waals surface area (Å²) in [6.07, 6.45) is -11.9. The smallest absolute Gasteiger partial charge is 0.369 e. The molecule has 130 valence electrons. The molecule has 2 amide bonds. The molecule has 0 bridgehead atoms. The van der Waals surface area contributed by atoms with E-state index in [0.29, 0.717) is 12.1 Å². The van der Waals surface area contributed by atoms with Crippen molar-refractivity contribution in [2.75, 3.05) is 11.9 Å². The van der Waals surface area contributed by atoms with Gasteiger partial charge in [-0.15, -0.1) is 0 Å². The minimum Gasteiger partial charge on any atom is -0.369 e. The molecule has 0 atom stereocenters. The van der Waals surface area contributed by atoms with Gasteiger partial charge in [0.25, 0.3) is 5.60 Å². The van der Waals surface area contributed by atoms with Crippen LogP contribution in [-0.2, 0) is 5.60 Å². The van der Waals surface area contributed by atoms with Crippen molar-refractivity contribution in [3.63, 3.8) is 0 Å². The van der Waals surface area contributed by atoms with Crippen molar-refractivity contribution < 1.29 is 36.2 Å². The first-order valence-corrected chi connectivity index (χ1v) is 6.84. The second-order valence-corrected chi connectivity index (χ2v) is 5.24. The van der Waals surface area contributed by atoms with E-state index >= 15 is 0 Å². The predicted octanol–water partition coefficient (Wildman–Crippen LogP) is 3.90. The van der Waals surface area contributed by atoms with Crippen molar-refractivity contribution in [2.45, 2.75) is 24.9 Å². The molecule has 0 radical (unpaired) electrons. The first-order chi connectivity index (χ1) is 10.3. The molecule has 0 aliphatic heterocycles. The molecule has 1 rings (SSSR count). The van der Waals surface area contributed by atoms with Crippen LogP contribution in [0.2, 0.25) is 0 Å². The summed E-state index contributed by atoms with van der Waals surface area (Å²) in [5.41, 5.74) is -6.51. The SMILES string of the molecule is CCNC(=O)Nc1ccc(C(O)(C(F)(F)F)C(F)(F)F)cc1Br. The second-order valence-electron chi connectivity index (χ2n) is 4.39. The molecule has 0 fully saturated rings. The Bertz CT molecular complexity index is 574. The molecule has 0 aromatic heterocycles. The minimum atomic E-state index is -5.97. The van der Waals surface area contributed by atoms with Crippen molar-refractivity contribution in [1.29, 1.82) is 0 Å². The standard InChI is InChI=1S/C12H11BrF6N2O2/c1-2-20-9(22)21-8-4-3-6(5-7(8)13)10(23,11(14,15)16)12(17,18)19/h3-5,23H,2H2,1H3,(H2,20,21,22). The maximum absolute atomic E-state index is 12.8. The zero-order chi connectivity index (χ0) is 18.1. The van der Waals surface area contributed by atoms with E-state index in [-0.39, 0.29) is 16.7 Å². The van der Waals surface area contributed by atoms with Crippen LogP contribution in [0.25, 0.3) is 0 Å². The van der Waals surface area contributed by atoms with Gasteiger partial charge in [-0.25, -0.2) is 4.79 Å². The van der Waals surface area contributed by atoms with Gasteiger partial charge in [0.05, 0.1) is 5.69 Å². The Morgan fingerprint density at radius 2 is 1.70 bits per heavy atom. The maximum atomic E-state index is 12.8. The maximum Gasteiger partial charge on any atom is 0.430 e. The van der Waals surface area contributed by atoms with Crippen molar-refractivity contribution in [3.05, 3.63) is 28.2 Å². The topological polar surface area (TPSA) is 61.4 Å². The van der Waals surface area contributed by atoms with Gasteiger partial charge in [0.1, 0.15) is 0 Å². The van der Waals surface area contributed by atoms with Crippen LogP contribution >= 0.6 is 15.9 Å². The Hall–Kier alpha value is -1.49. The number of anilines is 1. The van der Waals surface area contributed by atoms with Crippen LogP contribution in [0.15, 0.2) is 22.7 Å². The zero-order valence-corrected chi connectivity index (χ0v) is 13.0. The normalized spacial score (nSPS) is 12.9. The molecule has 11 heteroatoms. The number of hydrogen-bond donors (Lipinski definition) is 3. The molecule has 0 saturated carbocycles. The van der Waals surface area contributed by atoms with Gasteiger partial charge in [-0.2, -0.15) is 26.3 Å². The lowest BCUT2D eigenvalue weighted by Crippen LogP contribution is -2.53. The van der Waals surface area contributed by atoms with Gasteiger partial charge < -0.3 is 15.7 Å². The number of urea groups is 1. The highest BCUT2D eigenvalue weighted by Crippen LogP contribution is 2.50. The first kappa shape index (κ1) is 19.6. The summed E-state index contributed by atoms with van der Waals surface area (Å²) in [5.74, 6) is 0. The lowest BCUT2D eigenvalue weighted by Gasteiger charge is -2.32. The molecule has 1 aromatic rings. The average Bonchev–Trinajstić information content (AvgIpc) is 2.37. The molecular formula is C12H11BrF6N2O2. The molecule has 0 aliphatic carbocycles. The zero-order valence-electron chi connectivity index (χ0n) is 11.4. The van der Waals surface area contributed by atoms with E-state index in [1.165, 1.54) is 0 Å². The molecule has 0 spiro atoms. The monoisotopic (exact) mass is 408 g/mol. The van der Waals surface area contributed by atoms with Gasteiger partial charge in [-0.3, -0.25) is 0 Å². The van der Waals surface area contributed by atoms with E-state index in [2.05, 4.69) is 26.6 Å². The third kappa shape index (κ3) is 3.89. The summed E-state index contributed by atoms with van der Waals surface area (Å²) in [5, 5.41) is 13.8. The molecule has 0 saturated heterocycles. The van der Waals surface area contributed by atoms with Crippen molar-refractivity contribution in [2.24, 2.45) is 0 Å². The van der Waals surface area contributed by atoms with Crippen LogP contribution in [0, 0.1) is 0 Å². The van der Waals surface area contributed by atoms with E-state index in [1.54, 1.807) is 6.92 Å². The number of carbonyl (C=O) groups excluding carboxylic acids is 1. The van der Waals surface area contributed by atoms with Gasteiger partial charge in [0, 0.05) is 16.6 Å². The fraction of sp³-hybridized carbons (Fsp3) is 0.417. The number of aliphatic hydroxyl groups is 1. The molecule has 3 N–H and O–H groups in total. The third-order valence-corrected chi connectivity index (χ3v) is 3.45. The van der Waals surface area contributed by atoms with Gasteiger partial charge in [0.2, 0.25) is 0 Å². The largest absolute Gasteiger partial charge is 0.430 e. The summed E-state index contributed by atoms with van der Waals surface area (Å²) < 4.78 is 76.3. The van der Waals surface area contributed by atoms with E-state index in [4.69, 9.17) is 0 Å². The van der Waals surface area contributed by atoms with Crippen LogP contribution < -0.4 is 10.6 Å². The lowest BCUT2D eigenvalue weighted by molar-refractivity contribution is -0.376. The fourth-order valence-electron chi connectivity index (χ4n) is 1.66. The number of carbonyl (C=O) groups is 1. The number of hydrogen-bond acceptors (Lipinski definition) is 2. The van der Waals surface area contributed by atoms with E-state index < -0.39 is 29.5 Å².